The summed E-state index contributed by atoms with van der Waals surface area (Å²) >= 11 is 0. The SMILES string of the molecule is CCCOc1c(OCC#CCN(C(=O)Oc2ccccc2)C(=O)Oc2ccccc2)cc([C@@H]2CC[C@@H](c3cc(OC)c(OC)c(OC)c3)O2)cc1S(C)(=O)=O. The molecule has 1 aliphatic rings. The first-order valence-electron chi connectivity index (χ1n) is 17.4. The summed E-state index contributed by atoms with van der Waals surface area (Å²) in [5, 5.41) is 0. The summed E-state index contributed by atoms with van der Waals surface area (Å²) < 4.78 is 72.0. The lowest BCUT2D eigenvalue weighted by Gasteiger charge is -2.20. The fourth-order valence-corrected chi connectivity index (χ4v) is 6.57. The van der Waals surface area contributed by atoms with Crippen molar-refractivity contribution in [2.45, 2.75) is 43.3 Å². The van der Waals surface area contributed by atoms with Crippen LogP contribution in [0.3, 0.4) is 0 Å². The van der Waals surface area contributed by atoms with E-state index < -0.39 is 34.7 Å². The molecule has 1 saturated heterocycles. The third-order valence-corrected chi connectivity index (χ3v) is 9.45. The van der Waals surface area contributed by atoms with Crippen molar-refractivity contribution in [3.05, 3.63) is 96.1 Å². The molecule has 0 aliphatic carbocycles. The molecule has 1 aliphatic heterocycles. The van der Waals surface area contributed by atoms with Gasteiger partial charge in [-0.2, -0.15) is 4.90 Å². The van der Waals surface area contributed by atoms with Crippen LogP contribution < -0.4 is 33.2 Å². The van der Waals surface area contributed by atoms with Gasteiger partial charge in [-0.1, -0.05) is 55.2 Å². The zero-order chi connectivity index (χ0) is 39.4. The average molecular weight is 774 g/mol. The second-order valence-electron chi connectivity index (χ2n) is 12.2. The van der Waals surface area contributed by atoms with Crippen molar-refractivity contribution in [2.75, 3.05) is 47.3 Å². The molecule has 0 saturated carbocycles. The van der Waals surface area contributed by atoms with Crippen LogP contribution in [0.1, 0.15) is 49.5 Å². The van der Waals surface area contributed by atoms with Crippen LogP contribution in [0.25, 0.3) is 0 Å². The molecule has 1 fully saturated rings. The minimum atomic E-state index is -3.80. The van der Waals surface area contributed by atoms with Crippen LogP contribution >= 0.6 is 0 Å². The van der Waals surface area contributed by atoms with Crippen molar-refractivity contribution in [2.24, 2.45) is 0 Å². The molecule has 4 aromatic rings. The van der Waals surface area contributed by atoms with Gasteiger partial charge in [0.05, 0.1) is 46.7 Å². The number of rotatable bonds is 14. The molecule has 4 aromatic carbocycles. The molecule has 0 bridgehead atoms. The number of hydrogen-bond donors (Lipinski definition) is 0. The summed E-state index contributed by atoms with van der Waals surface area (Å²) in [5.74, 6) is 7.62. The minimum absolute atomic E-state index is 0.0496. The van der Waals surface area contributed by atoms with E-state index in [4.69, 9.17) is 37.9 Å². The number of para-hydroxylation sites is 2. The van der Waals surface area contributed by atoms with Gasteiger partial charge in [-0.15, -0.1) is 0 Å². The van der Waals surface area contributed by atoms with Gasteiger partial charge >= 0.3 is 12.2 Å². The average Bonchev–Trinajstić information content (AvgIpc) is 3.68. The van der Waals surface area contributed by atoms with E-state index in [2.05, 4.69) is 11.8 Å². The Labute approximate surface area is 320 Å². The quantitative estimate of drug-likeness (QED) is 0.117. The first-order chi connectivity index (χ1) is 26.6. The molecular formula is C41H43NO12S. The van der Waals surface area contributed by atoms with Gasteiger partial charge in [0.15, 0.2) is 32.8 Å². The Morgan fingerprint density at radius 3 is 1.75 bits per heavy atom. The minimum Gasteiger partial charge on any atom is -0.493 e. The molecule has 0 aromatic heterocycles. The molecule has 13 nitrogen and oxygen atoms in total. The Balaban J connectivity index is 1.38. The van der Waals surface area contributed by atoms with Gasteiger partial charge in [-0.05, 0) is 78.9 Å². The van der Waals surface area contributed by atoms with Gasteiger partial charge in [0, 0.05) is 6.26 Å². The normalized spacial score (nSPS) is 14.9. The first-order valence-corrected chi connectivity index (χ1v) is 19.3. The van der Waals surface area contributed by atoms with Crippen LogP contribution in [-0.2, 0) is 14.6 Å². The second-order valence-corrected chi connectivity index (χ2v) is 14.2. The number of carbonyl (C=O) groups is 2. The van der Waals surface area contributed by atoms with Gasteiger partial charge in [-0.25, -0.2) is 18.0 Å². The highest BCUT2D eigenvalue weighted by Crippen LogP contribution is 2.48. The number of benzene rings is 4. The van der Waals surface area contributed by atoms with Crippen molar-refractivity contribution < 1.29 is 55.9 Å². The monoisotopic (exact) mass is 773 g/mol. The zero-order valence-corrected chi connectivity index (χ0v) is 32.1. The van der Waals surface area contributed by atoms with Crippen molar-refractivity contribution in [3.63, 3.8) is 0 Å². The van der Waals surface area contributed by atoms with Crippen LogP contribution in [0, 0.1) is 11.8 Å². The molecule has 2 amide bonds. The summed E-state index contributed by atoms with van der Waals surface area (Å²) in [6.45, 7) is 1.49. The molecule has 0 unspecified atom stereocenters. The van der Waals surface area contributed by atoms with Gasteiger partial charge in [0.1, 0.15) is 23.0 Å². The van der Waals surface area contributed by atoms with Gasteiger partial charge in [-0.3, -0.25) is 0 Å². The van der Waals surface area contributed by atoms with Crippen LogP contribution in [0.4, 0.5) is 9.59 Å². The number of sulfone groups is 1. The van der Waals surface area contributed by atoms with Gasteiger partial charge < -0.3 is 37.9 Å². The lowest BCUT2D eigenvalue weighted by atomic mass is 10.0. The largest absolute Gasteiger partial charge is 0.493 e. The van der Waals surface area contributed by atoms with E-state index in [-0.39, 0.29) is 47.2 Å². The summed E-state index contributed by atoms with van der Waals surface area (Å²) in [6.07, 6.45) is 0.0837. The van der Waals surface area contributed by atoms with Gasteiger partial charge in [0.2, 0.25) is 5.75 Å². The number of imide groups is 1. The van der Waals surface area contributed by atoms with E-state index in [1.165, 1.54) is 21.3 Å². The molecule has 0 N–H and O–H groups in total. The van der Waals surface area contributed by atoms with E-state index in [1.54, 1.807) is 72.8 Å². The predicted molar refractivity (Wildman–Crippen MR) is 202 cm³/mol. The standard InChI is InChI=1S/C41H43NO12S/c1-6-22-51-39-36(50-23-14-13-21-42(40(43)52-30-15-9-7-10-16-30)41(44)53-31-17-11-8-12-18-31)26-29(27-37(39)55(5,45)46)33-20-19-32(54-33)28-24-34(47-2)38(49-4)35(25-28)48-3/h7-12,15-18,24-27,32-33H,6,19-23H2,1-5H3/t32-,33-/m0/s1. The Bertz CT molecular complexity index is 2040. The van der Waals surface area contributed by atoms with E-state index in [0.717, 1.165) is 11.8 Å². The molecule has 0 spiro atoms. The maximum absolute atomic E-state index is 13.1. The molecular weight excluding hydrogens is 731 g/mol. The summed E-state index contributed by atoms with van der Waals surface area (Å²) in [4.78, 5) is 26.8. The summed E-state index contributed by atoms with van der Waals surface area (Å²) in [7, 11) is 0.805. The fraction of sp³-hybridized carbons (Fsp3) is 0.317. The van der Waals surface area contributed by atoms with E-state index in [1.807, 2.05) is 19.1 Å². The zero-order valence-electron chi connectivity index (χ0n) is 31.2. The number of hydrogen-bond acceptors (Lipinski definition) is 12. The lowest BCUT2D eigenvalue weighted by molar-refractivity contribution is 0.0435. The summed E-state index contributed by atoms with van der Waals surface area (Å²) in [6, 6.07) is 23.4. The van der Waals surface area contributed by atoms with Crippen LogP contribution in [0.15, 0.2) is 89.8 Å². The maximum atomic E-state index is 13.1. The molecule has 290 valence electrons. The van der Waals surface area contributed by atoms with Gasteiger partial charge in [0.25, 0.3) is 0 Å². The van der Waals surface area contributed by atoms with E-state index in [0.29, 0.717) is 47.0 Å². The number of ether oxygens (including phenoxy) is 8. The Morgan fingerprint density at radius 2 is 1.25 bits per heavy atom. The molecule has 55 heavy (non-hydrogen) atoms. The smallest absolute Gasteiger partial charge is 0.425 e. The van der Waals surface area contributed by atoms with Crippen LogP contribution in [0.2, 0.25) is 0 Å². The van der Waals surface area contributed by atoms with E-state index >= 15 is 0 Å². The fourth-order valence-electron chi connectivity index (χ4n) is 5.72. The van der Waals surface area contributed by atoms with Crippen molar-refractivity contribution in [3.8, 4) is 52.1 Å². The third kappa shape index (κ3) is 10.4. The molecule has 1 heterocycles. The highest BCUT2D eigenvalue weighted by molar-refractivity contribution is 7.90. The number of methoxy groups -OCH3 is 3. The molecule has 2 atom stereocenters. The van der Waals surface area contributed by atoms with Crippen molar-refractivity contribution in [1.29, 1.82) is 0 Å². The van der Waals surface area contributed by atoms with Crippen LogP contribution in [-0.4, -0.2) is 72.8 Å². The molecule has 14 heteroatoms. The Kier molecular flexibility index (Phi) is 13.9. The summed E-state index contributed by atoms with van der Waals surface area (Å²) in [5.41, 5.74) is 1.38. The molecule has 5 rings (SSSR count). The first kappa shape index (κ1) is 40.3. The highest BCUT2D eigenvalue weighted by Gasteiger charge is 2.32. The number of carbonyl (C=O) groups excluding carboxylic acids is 2. The number of amides is 2. The number of nitrogens with zero attached hydrogens (tertiary/aromatic N) is 1. The highest BCUT2D eigenvalue weighted by atomic mass is 32.2. The lowest BCUT2D eigenvalue weighted by Crippen LogP contribution is -2.41. The third-order valence-electron chi connectivity index (χ3n) is 8.34. The maximum Gasteiger partial charge on any atom is 0.425 e. The topological polar surface area (TPSA) is 145 Å². The molecule has 0 radical (unpaired) electrons. The Hall–Kier alpha value is -5.91. The predicted octanol–water partition coefficient (Wildman–Crippen LogP) is 7.58. The second kappa shape index (κ2) is 18.9. The Morgan fingerprint density at radius 1 is 0.727 bits per heavy atom. The van der Waals surface area contributed by atoms with Crippen LogP contribution in [0.5, 0.6) is 40.2 Å². The van der Waals surface area contributed by atoms with Crippen molar-refractivity contribution >= 4 is 22.0 Å². The van der Waals surface area contributed by atoms with E-state index in [9.17, 15) is 18.0 Å². The van der Waals surface area contributed by atoms with Crippen molar-refractivity contribution in [1.82, 2.24) is 4.90 Å².